The standard InChI is InChI=1S/C22H20N4O2/c27-21(18-15-23-12-13-24-18)25-20(17-8-2-1-3-9-17)22(28)26-14-6-10-16-7-4-5-11-19(16)26/h1-5,7-9,11-13,15,20H,6,10,14H2,(H,25,27)/t20-/m0/s1. The molecule has 6 heteroatoms. The van der Waals surface area contributed by atoms with Gasteiger partial charge in [0.25, 0.3) is 11.8 Å². The van der Waals surface area contributed by atoms with Crippen molar-refractivity contribution < 1.29 is 9.59 Å². The third-order valence-electron chi connectivity index (χ3n) is 4.83. The summed E-state index contributed by atoms with van der Waals surface area (Å²) in [6, 6.07) is 16.4. The van der Waals surface area contributed by atoms with Gasteiger partial charge in [0.05, 0.1) is 6.20 Å². The van der Waals surface area contributed by atoms with Crippen LogP contribution in [0, 0.1) is 0 Å². The number of anilines is 1. The highest BCUT2D eigenvalue weighted by Gasteiger charge is 2.31. The average Bonchev–Trinajstić information content (AvgIpc) is 2.77. The predicted octanol–water partition coefficient (Wildman–Crippen LogP) is 2.93. The molecule has 1 N–H and O–H groups in total. The summed E-state index contributed by atoms with van der Waals surface area (Å²) >= 11 is 0. The van der Waals surface area contributed by atoms with Gasteiger partial charge in [0, 0.05) is 24.6 Å². The fourth-order valence-corrected chi connectivity index (χ4v) is 3.47. The lowest BCUT2D eigenvalue weighted by atomic mass is 9.99. The number of hydrogen-bond donors (Lipinski definition) is 1. The van der Waals surface area contributed by atoms with Crippen LogP contribution in [-0.4, -0.2) is 28.3 Å². The Kier molecular flexibility index (Phi) is 5.10. The molecule has 1 atom stereocenters. The first kappa shape index (κ1) is 17.9. The number of aryl methyl sites for hydroxylation is 1. The molecule has 140 valence electrons. The summed E-state index contributed by atoms with van der Waals surface area (Å²) in [7, 11) is 0. The normalized spacial score (nSPS) is 14.1. The van der Waals surface area contributed by atoms with Gasteiger partial charge in [-0.15, -0.1) is 0 Å². The Morgan fingerprint density at radius 1 is 1.00 bits per heavy atom. The Morgan fingerprint density at radius 2 is 1.79 bits per heavy atom. The van der Waals surface area contributed by atoms with E-state index in [-0.39, 0.29) is 11.6 Å². The molecule has 0 fully saturated rings. The molecule has 0 unspecified atom stereocenters. The van der Waals surface area contributed by atoms with Gasteiger partial charge in [0.2, 0.25) is 0 Å². The third-order valence-corrected chi connectivity index (χ3v) is 4.83. The quantitative estimate of drug-likeness (QED) is 0.764. The molecule has 4 rings (SSSR count). The Labute approximate surface area is 163 Å². The van der Waals surface area contributed by atoms with Gasteiger partial charge in [0.15, 0.2) is 0 Å². The molecular weight excluding hydrogens is 352 g/mol. The SMILES string of the molecule is O=C(N[C@H](C(=O)N1CCCc2ccccc21)c1ccccc1)c1cnccn1. The summed E-state index contributed by atoms with van der Waals surface area (Å²) < 4.78 is 0. The van der Waals surface area contributed by atoms with Crippen LogP contribution in [0.15, 0.2) is 73.2 Å². The van der Waals surface area contributed by atoms with E-state index >= 15 is 0 Å². The smallest absolute Gasteiger partial charge is 0.272 e. The number of aromatic nitrogens is 2. The van der Waals surface area contributed by atoms with E-state index in [1.54, 1.807) is 4.90 Å². The van der Waals surface area contributed by atoms with Gasteiger partial charge in [0.1, 0.15) is 11.7 Å². The van der Waals surface area contributed by atoms with E-state index in [0.29, 0.717) is 6.54 Å². The van der Waals surface area contributed by atoms with E-state index in [2.05, 4.69) is 15.3 Å². The monoisotopic (exact) mass is 372 g/mol. The van der Waals surface area contributed by atoms with Crippen molar-refractivity contribution in [1.82, 2.24) is 15.3 Å². The maximum absolute atomic E-state index is 13.5. The van der Waals surface area contributed by atoms with Crippen LogP contribution in [-0.2, 0) is 11.2 Å². The minimum atomic E-state index is -0.804. The van der Waals surface area contributed by atoms with Crippen molar-refractivity contribution in [3.05, 3.63) is 90.0 Å². The second kappa shape index (κ2) is 8.00. The summed E-state index contributed by atoms with van der Waals surface area (Å²) in [4.78, 5) is 35.9. The number of nitrogens with zero attached hydrogens (tertiary/aromatic N) is 3. The van der Waals surface area contributed by atoms with Gasteiger partial charge in [-0.2, -0.15) is 0 Å². The van der Waals surface area contributed by atoms with Crippen molar-refractivity contribution in [3.8, 4) is 0 Å². The molecule has 0 saturated heterocycles. The summed E-state index contributed by atoms with van der Waals surface area (Å²) in [6.45, 7) is 0.625. The molecule has 0 aliphatic carbocycles. The summed E-state index contributed by atoms with van der Waals surface area (Å²) in [5.41, 5.74) is 2.96. The van der Waals surface area contributed by atoms with Crippen molar-refractivity contribution in [3.63, 3.8) is 0 Å². The Bertz CT molecular complexity index is 976. The zero-order valence-corrected chi connectivity index (χ0v) is 15.3. The number of amides is 2. The van der Waals surface area contributed by atoms with Crippen LogP contribution in [0.5, 0.6) is 0 Å². The molecule has 3 aromatic rings. The van der Waals surface area contributed by atoms with Crippen molar-refractivity contribution in [2.75, 3.05) is 11.4 Å². The molecule has 28 heavy (non-hydrogen) atoms. The first-order valence-electron chi connectivity index (χ1n) is 9.25. The molecule has 6 nitrogen and oxygen atoms in total. The van der Waals surface area contributed by atoms with Gasteiger partial charge in [-0.3, -0.25) is 14.6 Å². The van der Waals surface area contributed by atoms with E-state index in [9.17, 15) is 9.59 Å². The number of para-hydroxylation sites is 1. The van der Waals surface area contributed by atoms with E-state index in [1.807, 2.05) is 54.6 Å². The molecule has 1 aromatic heterocycles. The fourth-order valence-electron chi connectivity index (χ4n) is 3.47. The second-order valence-corrected chi connectivity index (χ2v) is 6.63. The summed E-state index contributed by atoms with van der Waals surface area (Å²) in [6.07, 6.45) is 6.18. The van der Waals surface area contributed by atoms with Crippen LogP contribution in [0.4, 0.5) is 5.69 Å². The highest BCUT2D eigenvalue weighted by molar-refractivity contribution is 6.02. The molecule has 2 aromatic carbocycles. The number of carbonyl (C=O) groups is 2. The molecule has 0 spiro atoms. The maximum atomic E-state index is 13.5. The van der Waals surface area contributed by atoms with Crippen molar-refractivity contribution in [1.29, 1.82) is 0 Å². The molecule has 1 aliphatic heterocycles. The number of hydrogen-bond acceptors (Lipinski definition) is 4. The lowest BCUT2D eigenvalue weighted by Gasteiger charge is -2.32. The van der Waals surface area contributed by atoms with Crippen molar-refractivity contribution in [2.24, 2.45) is 0 Å². The highest BCUT2D eigenvalue weighted by Crippen LogP contribution is 2.29. The Balaban J connectivity index is 1.66. The third kappa shape index (κ3) is 3.62. The maximum Gasteiger partial charge on any atom is 0.272 e. The largest absolute Gasteiger partial charge is 0.335 e. The Morgan fingerprint density at radius 3 is 2.57 bits per heavy atom. The van der Waals surface area contributed by atoms with Gasteiger partial charge in [-0.05, 0) is 30.0 Å². The average molecular weight is 372 g/mol. The zero-order chi connectivity index (χ0) is 19.3. The van der Waals surface area contributed by atoms with Crippen LogP contribution in [0.25, 0.3) is 0 Å². The molecule has 0 radical (unpaired) electrons. The first-order valence-corrected chi connectivity index (χ1v) is 9.25. The lowest BCUT2D eigenvalue weighted by molar-refractivity contribution is -0.120. The number of fused-ring (bicyclic) bond motifs is 1. The van der Waals surface area contributed by atoms with Crippen LogP contribution < -0.4 is 10.2 Å². The number of nitrogens with one attached hydrogen (secondary N) is 1. The molecule has 2 amide bonds. The summed E-state index contributed by atoms with van der Waals surface area (Å²) in [5, 5.41) is 2.84. The van der Waals surface area contributed by atoms with Crippen molar-refractivity contribution in [2.45, 2.75) is 18.9 Å². The topological polar surface area (TPSA) is 75.2 Å². The molecule has 0 saturated carbocycles. The van der Waals surface area contributed by atoms with E-state index in [4.69, 9.17) is 0 Å². The Hall–Kier alpha value is -3.54. The number of rotatable bonds is 4. The fraction of sp³-hybridized carbons (Fsp3) is 0.182. The van der Waals surface area contributed by atoms with Crippen molar-refractivity contribution >= 4 is 17.5 Å². The van der Waals surface area contributed by atoms with Crippen LogP contribution in [0.2, 0.25) is 0 Å². The van der Waals surface area contributed by atoms with Crippen LogP contribution >= 0.6 is 0 Å². The number of carbonyl (C=O) groups excluding carboxylic acids is 2. The molecule has 2 heterocycles. The predicted molar refractivity (Wildman–Crippen MR) is 106 cm³/mol. The van der Waals surface area contributed by atoms with E-state index < -0.39 is 11.9 Å². The van der Waals surface area contributed by atoms with Gasteiger partial charge in [-0.1, -0.05) is 48.5 Å². The van der Waals surface area contributed by atoms with E-state index in [0.717, 1.165) is 29.7 Å². The van der Waals surface area contributed by atoms with Crippen LogP contribution in [0.1, 0.15) is 34.1 Å². The second-order valence-electron chi connectivity index (χ2n) is 6.63. The van der Waals surface area contributed by atoms with Gasteiger partial charge >= 0.3 is 0 Å². The van der Waals surface area contributed by atoms with E-state index in [1.165, 1.54) is 18.6 Å². The highest BCUT2D eigenvalue weighted by atomic mass is 16.2. The van der Waals surface area contributed by atoms with Gasteiger partial charge < -0.3 is 10.2 Å². The van der Waals surface area contributed by atoms with Crippen LogP contribution in [0.3, 0.4) is 0 Å². The summed E-state index contributed by atoms with van der Waals surface area (Å²) in [5.74, 6) is -0.587. The molecule has 1 aliphatic rings. The zero-order valence-electron chi connectivity index (χ0n) is 15.3. The minimum Gasteiger partial charge on any atom is -0.335 e. The first-order chi connectivity index (χ1) is 13.7. The lowest BCUT2D eigenvalue weighted by Crippen LogP contribution is -2.45. The molecule has 0 bridgehead atoms. The minimum absolute atomic E-state index is 0.157. The number of benzene rings is 2. The molecular formula is C22H20N4O2. The van der Waals surface area contributed by atoms with Gasteiger partial charge in [-0.25, -0.2) is 4.98 Å².